The van der Waals surface area contributed by atoms with E-state index in [2.05, 4.69) is 54.5 Å². The second kappa shape index (κ2) is 24.0. The van der Waals surface area contributed by atoms with Crippen LogP contribution in [0, 0.1) is 13.8 Å². The van der Waals surface area contributed by atoms with E-state index in [4.69, 9.17) is 34.4 Å². The summed E-state index contributed by atoms with van der Waals surface area (Å²) in [6.45, 7) is 12.1. The molecule has 1 aliphatic heterocycles. The van der Waals surface area contributed by atoms with E-state index in [1.165, 1.54) is 34.4 Å². The van der Waals surface area contributed by atoms with E-state index in [1.54, 1.807) is 88.7 Å². The summed E-state index contributed by atoms with van der Waals surface area (Å²) in [5, 5.41) is 27.5. The number of anilines is 6. The predicted octanol–water partition coefficient (Wildman–Crippen LogP) is 13.1. The van der Waals surface area contributed by atoms with Gasteiger partial charge in [-0.2, -0.15) is 27.1 Å². The number of hydrogen-bond acceptors (Lipinski definition) is 22. The van der Waals surface area contributed by atoms with Crippen molar-refractivity contribution in [3.63, 3.8) is 0 Å². The van der Waals surface area contributed by atoms with Crippen LogP contribution in [0.25, 0.3) is 41.6 Å². The van der Waals surface area contributed by atoms with E-state index in [0.717, 1.165) is 22.5 Å². The van der Waals surface area contributed by atoms with Crippen LogP contribution in [0.4, 0.5) is 57.4 Å². The van der Waals surface area contributed by atoms with Gasteiger partial charge < -0.3 is 29.3 Å². The standard InChI is InChI=1S/C55H55N13O9S5/c1-9-67(10-2)43-26-39(41(28-45(43)75-7)64-62-35-18-14-33(15-19-35)51-56-37-22-12-31(4)49(47(37)79-51)81(69,70)71)58-53-60-54-59-40-27-44(68(11-3)30-77-24-25-78-55(61-53)66(54)6)46(76-8)29-42(40)65-63-36-20-16-34(17-21-36)52-57-38-23-13-32(5)50(48(38)80-52)82(72,73)74/h12-23,26-29H,9-11,24-25,30H2,1-8H3,(H3,56,57,58,59,60,62,63,69,70,71,72,73,74)/p+1. The van der Waals surface area contributed by atoms with Gasteiger partial charge in [-0.1, -0.05) is 33.9 Å². The zero-order valence-electron chi connectivity index (χ0n) is 45.7. The Morgan fingerprint density at radius 2 is 1.27 bits per heavy atom. The molecule has 4 bridgehead atoms. The average molecular weight is 1200 g/mol. The number of fused-ring (bicyclic) bond motifs is 6. The number of azo groups is 2. The molecule has 6 aromatic carbocycles. The summed E-state index contributed by atoms with van der Waals surface area (Å²) in [6, 6.07) is 28.6. The van der Waals surface area contributed by atoms with Gasteiger partial charge in [-0.05, 0) is 112 Å². The molecule has 424 valence electrons. The molecular formula is C55H56N13O9S5+. The Hall–Kier alpha value is -7.76. The van der Waals surface area contributed by atoms with Gasteiger partial charge in [-0.3, -0.25) is 14.4 Å². The van der Waals surface area contributed by atoms with E-state index in [1.807, 2.05) is 54.9 Å². The average Bonchev–Trinajstić information content (AvgIpc) is 4.29. The van der Waals surface area contributed by atoms with Gasteiger partial charge in [0.05, 0.1) is 76.7 Å². The molecule has 0 radical (unpaired) electrons. The molecule has 3 aromatic heterocycles. The first-order chi connectivity index (χ1) is 39.4. The summed E-state index contributed by atoms with van der Waals surface area (Å²) >= 11 is 3.84. The van der Waals surface area contributed by atoms with Crippen molar-refractivity contribution in [3.05, 3.63) is 108 Å². The summed E-state index contributed by atoms with van der Waals surface area (Å²) in [7, 11) is -3.90. The molecule has 0 atom stereocenters. The molecule has 9 aromatic rings. The maximum atomic E-state index is 12.3. The second-order valence-corrected chi connectivity index (χ2v) is 24.3. The number of aryl methyl sites for hydroxylation is 2. The Kier molecular flexibility index (Phi) is 16.8. The topological polar surface area (TPSA) is 272 Å². The van der Waals surface area contributed by atoms with E-state index in [0.29, 0.717) is 130 Å². The van der Waals surface area contributed by atoms with Gasteiger partial charge >= 0.3 is 11.9 Å². The molecule has 0 amide bonds. The van der Waals surface area contributed by atoms with Crippen LogP contribution in [0.15, 0.2) is 132 Å². The lowest BCUT2D eigenvalue weighted by atomic mass is 10.2. The van der Waals surface area contributed by atoms with Crippen LogP contribution < -0.4 is 34.5 Å². The van der Waals surface area contributed by atoms with Crippen molar-refractivity contribution in [1.29, 1.82) is 0 Å². The SMILES string of the molecule is CCN(CC)c1cc(Nc2nc3[n+](C)c(n2)SCCOCN(CC)c2cc(c(N=Nc4ccc(-c5nc6ccc(C)c(S(=O)(=O)O)c6s5)cc4)cc2OC)N3)c(N=Nc2ccc(-c3nc4ccc(C)c(S(=O)(=O)O)c4s3)cc2)cc1OC. The lowest BCUT2D eigenvalue weighted by Gasteiger charge is -2.25. The number of ether oxygens (including phenoxy) is 3. The molecule has 82 heavy (non-hydrogen) atoms. The van der Waals surface area contributed by atoms with Crippen LogP contribution in [0.1, 0.15) is 31.9 Å². The highest BCUT2D eigenvalue weighted by molar-refractivity contribution is 7.99. The maximum absolute atomic E-state index is 12.3. The van der Waals surface area contributed by atoms with Gasteiger partial charge in [0, 0.05) is 54.7 Å². The summed E-state index contributed by atoms with van der Waals surface area (Å²) in [6.07, 6.45) is 0. The monoisotopic (exact) mass is 1200 g/mol. The fourth-order valence-electron chi connectivity index (χ4n) is 9.14. The van der Waals surface area contributed by atoms with Gasteiger partial charge in [0.2, 0.25) is 0 Å². The molecule has 4 heterocycles. The molecule has 0 unspecified atom stereocenters. The Labute approximate surface area is 485 Å². The Morgan fingerprint density at radius 1 is 0.720 bits per heavy atom. The molecule has 0 spiro atoms. The van der Waals surface area contributed by atoms with Crippen LogP contribution in [-0.2, 0) is 32.0 Å². The lowest BCUT2D eigenvalue weighted by Crippen LogP contribution is -2.37. The van der Waals surface area contributed by atoms with Crippen LogP contribution in [0.3, 0.4) is 0 Å². The van der Waals surface area contributed by atoms with E-state index in [-0.39, 0.29) is 22.5 Å². The first-order valence-electron chi connectivity index (χ1n) is 25.6. The zero-order chi connectivity index (χ0) is 58.0. The number of aromatic nitrogens is 5. The number of thioether (sulfide) groups is 1. The van der Waals surface area contributed by atoms with Gasteiger partial charge in [0.15, 0.2) is 0 Å². The number of hydrogen-bond donors (Lipinski definition) is 4. The van der Waals surface area contributed by atoms with Crippen LogP contribution in [0.2, 0.25) is 0 Å². The van der Waals surface area contributed by atoms with Crippen LogP contribution >= 0.6 is 34.4 Å². The van der Waals surface area contributed by atoms with Gasteiger partial charge in [0.1, 0.15) is 55.1 Å². The fraction of sp³-hybridized carbons (Fsp3) is 0.255. The highest BCUT2D eigenvalue weighted by Crippen LogP contribution is 2.44. The molecule has 0 fully saturated rings. The molecule has 4 N–H and O–H groups in total. The van der Waals surface area contributed by atoms with Crippen molar-refractivity contribution in [1.82, 2.24) is 19.9 Å². The molecule has 0 saturated heterocycles. The maximum Gasteiger partial charge on any atom is 0.357 e. The molecule has 10 rings (SSSR count). The minimum atomic E-state index is -4.48. The fourth-order valence-corrected chi connectivity index (χ4v) is 14.6. The molecule has 0 aliphatic carbocycles. The summed E-state index contributed by atoms with van der Waals surface area (Å²) in [4.78, 5) is 23.3. The van der Waals surface area contributed by atoms with E-state index < -0.39 is 20.2 Å². The quantitative estimate of drug-likeness (QED) is 0.0398. The van der Waals surface area contributed by atoms with Crippen molar-refractivity contribution < 1.29 is 44.7 Å². The third-order valence-electron chi connectivity index (χ3n) is 13.3. The van der Waals surface area contributed by atoms with Gasteiger partial charge in [-0.25, -0.2) is 14.5 Å². The molecule has 0 saturated carbocycles. The zero-order valence-corrected chi connectivity index (χ0v) is 49.8. The van der Waals surface area contributed by atoms with E-state index in [9.17, 15) is 25.9 Å². The van der Waals surface area contributed by atoms with Crippen LogP contribution in [0.5, 0.6) is 11.5 Å². The number of thiazole rings is 2. The first kappa shape index (κ1) is 57.5. The number of benzene rings is 6. The summed E-state index contributed by atoms with van der Waals surface area (Å²) < 4.78 is 90.0. The highest BCUT2D eigenvalue weighted by atomic mass is 32.2. The Morgan fingerprint density at radius 3 is 1.79 bits per heavy atom. The van der Waals surface area contributed by atoms with Crippen molar-refractivity contribution in [3.8, 4) is 32.6 Å². The van der Waals surface area contributed by atoms with E-state index >= 15 is 0 Å². The van der Waals surface area contributed by atoms with Crippen LogP contribution in [-0.4, -0.2) is 98.8 Å². The number of rotatable bonds is 16. The molecule has 22 nitrogen and oxygen atoms in total. The first-order valence-corrected chi connectivity index (χ1v) is 31.1. The molecule has 27 heteroatoms. The molecular weight excluding hydrogens is 1150 g/mol. The Bertz CT molecular complexity index is 4190. The predicted molar refractivity (Wildman–Crippen MR) is 321 cm³/mol. The Balaban J connectivity index is 0.994. The summed E-state index contributed by atoms with van der Waals surface area (Å²) in [5.74, 6) is 2.32. The largest absolute Gasteiger partial charge is 0.494 e. The minimum absolute atomic E-state index is 0.148. The van der Waals surface area contributed by atoms with Crippen molar-refractivity contribution in [2.75, 3.05) is 73.4 Å². The normalized spacial score (nSPS) is 13.3. The van der Waals surface area contributed by atoms with Crippen molar-refractivity contribution >= 4 is 133 Å². The summed E-state index contributed by atoms with van der Waals surface area (Å²) in [5.41, 5.74) is 7.74. The second-order valence-electron chi connectivity index (χ2n) is 18.6. The number of nitrogens with one attached hydrogen (secondary N) is 2. The minimum Gasteiger partial charge on any atom is -0.494 e. The van der Waals surface area contributed by atoms with Gasteiger partial charge in [-0.15, -0.1) is 32.9 Å². The smallest absolute Gasteiger partial charge is 0.357 e. The van der Waals surface area contributed by atoms with Crippen molar-refractivity contribution in [2.45, 2.75) is 49.6 Å². The number of methoxy groups -OCH3 is 2. The third kappa shape index (κ3) is 12.1. The number of nitrogens with zero attached hydrogens (tertiary/aromatic N) is 11. The van der Waals surface area contributed by atoms with Crippen molar-refractivity contribution in [2.24, 2.45) is 27.5 Å². The molecule has 1 aliphatic rings. The van der Waals surface area contributed by atoms with Gasteiger partial charge in [0.25, 0.3) is 25.4 Å². The highest BCUT2D eigenvalue weighted by Gasteiger charge is 2.27. The third-order valence-corrected chi connectivity index (χ3v) is 19.0. The lowest BCUT2D eigenvalue weighted by molar-refractivity contribution is -0.701.